The van der Waals surface area contributed by atoms with Crippen molar-refractivity contribution < 1.29 is 17.9 Å². The van der Waals surface area contributed by atoms with Crippen molar-refractivity contribution in [3.63, 3.8) is 0 Å². The summed E-state index contributed by atoms with van der Waals surface area (Å²) in [5, 5.41) is 3.17. The second-order valence-electron chi connectivity index (χ2n) is 11.9. The van der Waals surface area contributed by atoms with Gasteiger partial charge in [-0.05, 0) is 115 Å². The quantitative estimate of drug-likeness (QED) is 0.456. The summed E-state index contributed by atoms with van der Waals surface area (Å²) < 4.78 is 33.0. The third kappa shape index (κ3) is 7.29. The molecule has 38 heavy (non-hydrogen) atoms. The Morgan fingerprint density at radius 2 is 1.61 bits per heavy atom. The van der Waals surface area contributed by atoms with Crippen LogP contribution in [0.3, 0.4) is 0 Å². The number of sulfonamides is 1. The van der Waals surface area contributed by atoms with Crippen molar-refractivity contribution in [1.82, 2.24) is 19.4 Å². The van der Waals surface area contributed by atoms with E-state index >= 15 is 0 Å². The van der Waals surface area contributed by atoms with Crippen LogP contribution in [0.4, 0.5) is 0 Å². The number of amides is 1. The van der Waals surface area contributed by atoms with Crippen molar-refractivity contribution in [3.8, 4) is 5.75 Å². The van der Waals surface area contributed by atoms with Gasteiger partial charge >= 0.3 is 0 Å². The van der Waals surface area contributed by atoms with Crippen LogP contribution in [-0.4, -0.2) is 93.9 Å². The molecule has 0 bridgehead atoms. The van der Waals surface area contributed by atoms with Gasteiger partial charge in [-0.15, -0.1) is 0 Å². The molecule has 0 atom stereocenters. The van der Waals surface area contributed by atoms with E-state index in [9.17, 15) is 13.2 Å². The predicted molar refractivity (Wildman–Crippen MR) is 151 cm³/mol. The summed E-state index contributed by atoms with van der Waals surface area (Å²) in [6.07, 6.45) is 9.79. The lowest BCUT2D eigenvalue weighted by molar-refractivity contribution is -0.122. The Kier molecular flexibility index (Phi) is 9.77. The number of nitrogens with one attached hydrogen (secondary N) is 1. The number of hydrogen-bond acceptors (Lipinski definition) is 6. The molecule has 0 spiro atoms. The first-order valence-corrected chi connectivity index (χ1v) is 15.9. The minimum atomic E-state index is -3.70. The number of likely N-dealkylation sites (tertiary alicyclic amines) is 1. The summed E-state index contributed by atoms with van der Waals surface area (Å²) in [6.45, 7) is 7.37. The molecule has 2 aliphatic carbocycles. The van der Waals surface area contributed by atoms with Crippen LogP contribution in [0.2, 0.25) is 0 Å². The van der Waals surface area contributed by atoms with Gasteiger partial charge in [-0.3, -0.25) is 4.79 Å². The SMILES string of the molecule is COc1cc(C)c(S(=O)(=O)N(C)CCC(=O)NC2CCC(N3CCC(CN(C)C4CC4)CC3)CC2)c(C)c1. The van der Waals surface area contributed by atoms with E-state index < -0.39 is 10.0 Å². The number of rotatable bonds is 11. The highest BCUT2D eigenvalue weighted by Crippen LogP contribution is 2.31. The van der Waals surface area contributed by atoms with Crippen molar-refractivity contribution in [1.29, 1.82) is 0 Å². The van der Waals surface area contributed by atoms with E-state index in [1.54, 1.807) is 40.1 Å². The van der Waals surface area contributed by atoms with E-state index in [0.29, 0.717) is 27.8 Å². The highest BCUT2D eigenvalue weighted by atomic mass is 32.2. The first-order valence-electron chi connectivity index (χ1n) is 14.4. The molecule has 9 heteroatoms. The first kappa shape index (κ1) is 29.3. The maximum Gasteiger partial charge on any atom is 0.243 e. The van der Waals surface area contributed by atoms with Crippen molar-refractivity contribution in [2.24, 2.45) is 5.92 Å². The smallest absolute Gasteiger partial charge is 0.243 e. The van der Waals surface area contributed by atoms with Crippen LogP contribution in [-0.2, 0) is 14.8 Å². The highest BCUT2D eigenvalue weighted by molar-refractivity contribution is 7.89. The van der Waals surface area contributed by atoms with Crippen LogP contribution in [0.5, 0.6) is 5.75 Å². The van der Waals surface area contributed by atoms with Crippen molar-refractivity contribution in [2.45, 2.75) is 94.7 Å². The number of ether oxygens (including phenoxy) is 1. The van der Waals surface area contributed by atoms with Gasteiger partial charge in [0.15, 0.2) is 0 Å². The van der Waals surface area contributed by atoms with Crippen LogP contribution in [0, 0.1) is 19.8 Å². The van der Waals surface area contributed by atoms with E-state index in [4.69, 9.17) is 4.74 Å². The molecule has 3 fully saturated rings. The standard InChI is InChI=1S/C29H48N4O4S/c1-21-18-27(37-5)19-22(2)29(21)38(35,36)32(4)15-14-28(34)30-24-6-8-26(9-7-24)33-16-12-23(13-17-33)20-31(3)25-10-11-25/h18-19,23-26H,6-17,20H2,1-5H3,(H,30,34). The zero-order chi connectivity index (χ0) is 27.4. The molecule has 1 N–H and O–H groups in total. The molecular formula is C29H48N4O4S. The topological polar surface area (TPSA) is 82.2 Å². The third-order valence-electron chi connectivity index (χ3n) is 8.94. The van der Waals surface area contributed by atoms with Gasteiger partial charge in [0.2, 0.25) is 15.9 Å². The van der Waals surface area contributed by atoms with Crippen molar-refractivity contribution >= 4 is 15.9 Å². The molecule has 8 nitrogen and oxygen atoms in total. The first-order chi connectivity index (χ1) is 18.1. The fraction of sp³-hybridized carbons (Fsp3) is 0.759. The number of methoxy groups -OCH3 is 1. The van der Waals surface area contributed by atoms with Crippen molar-refractivity contribution in [3.05, 3.63) is 23.3 Å². The van der Waals surface area contributed by atoms with Crippen LogP contribution in [0.1, 0.15) is 68.9 Å². The molecule has 3 aliphatic rings. The molecule has 214 valence electrons. The lowest BCUT2D eigenvalue weighted by Gasteiger charge is -2.41. The van der Waals surface area contributed by atoms with Gasteiger partial charge in [0, 0.05) is 44.7 Å². The lowest BCUT2D eigenvalue weighted by atomic mass is 9.87. The Morgan fingerprint density at radius 3 is 2.16 bits per heavy atom. The summed E-state index contributed by atoms with van der Waals surface area (Å²) in [5.74, 6) is 1.41. The van der Waals surface area contributed by atoms with Gasteiger partial charge in [-0.25, -0.2) is 12.7 Å². The maximum atomic E-state index is 13.2. The van der Waals surface area contributed by atoms with E-state index in [1.807, 2.05) is 0 Å². The van der Waals surface area contributed by atoms with Gasteiger partial charge in [-0.1, -0.05) is 0 Å². The fourth-order valence-electron chi connectivity index (χ4n) is 6.43. The predicted octanol–water partition coefficient (Wildman–Crippen LogP) is 3.56. The normalized spacial score (nSPS) is 23.7. The Hall–Kier alpha value is -1.68. The highest BCUT2D eigenvalue weighted by Gasteiger charge is 2.32. The molecule has 2 saturated carbocycles. The van der Waals surface area contributed by atoms with E-state index in [1.165, 1.54) is 49.6 Å². The van der Waals surface area contributed by atoms with Gasteiger partial charge < -0.3 is 19.9 Å². The molecule has 1 aromatic rings. The number of nitrogens with zero attached hydrogens (tertiary/aromatic N) is 3. The number of piperidine rings is 1. The number of carbonyl (C=O) groups excluding carboxylic acids is 1. The Morgan fingerprint density at radius 1 is 1.00 bits per heavy atom. The van der Waals surface area contributed by atoms with Crippen LogP contribution in [0.25, 0.3) is 0 Å². The third-order valence-corrected chi connectivity index (χ3v) is 11.1. The van der Waals surface area contributed by atoms with Crippen LogP contribution >= 0.6 is 0 Å². The Bertz CT molecular complexity index is 1040. The minimum Gasteiger partial charge on any atom is -0.497 e. The fourth-order valence-corrected chi connectivity index (χ4v) is 8.00. The lowest BCUT2D eigenvalue weighted by Crippen LogP contribution is -2.47. The zero-order valence-electron chi connectivity index (χ0n) is 24.0. The molecule has 1 aliphatic heterocycles. The molecule has 0 unspecified atom stereocenters. The second kappa shape index (κ2) is 12.7. The number of carbonyl (C=O) groups is 1. The van der Waals surface area contributed by atoms with Crippen molar-refractivity contribution in [2.75, 3.05) is 47.4 Å². The van der Waals surface area contributed by atoms with E-state index in [-0.39, 0.29) is 24.9 Å². The molecule has 4 rings (SSSR count). The summed E-state index contributed by atoms with van der Waals surface area (Å²) in [5.41, 5.74) is 1.29. The summed E-state index contributed by atoms with van der Waals surface area (Å²) in [4.78, 5) is 18.2. The summed E-state index contributed by atoms with van der Waals surface area (Å²) in [6, 6.07) is 5.14. The molecule has 1 saturated heterocycles. The summed E-state index contributed by atoms with van der Waals surface area (Å²) >= 11 is 0. The number of benzene rings is 1. The van der Waals surface area contributed by atoms with Gasteiger partial charge in [0.1, 0.15) is 5.75 Å². The molecule has 0 aromatic heterocycles. The molecule has 1 heterocycles. The molecule has 1 amide bonds. The number of hydrogen-bond donors (Lipinski definition) is 1. The van der Waals surface area contributed by atoms with Crippen LogP contribution in [0.15, 0.2) is 17.0 Å². The average molecular weight is 549 g/mol. The number of aryl methyl sites for hydroxylation is 2. The van der Waals surface area contributed by atoms with Gasteiger partial charge in [-0.2, -0.15) is 0 Å². The minimum absolute atomic E-state index is 0.0701. The van der Waals surface area contributed by atoms with E-state index in [2.05, 4.69) is 22.2 Å². The Labute approximate surface area is 230 Å². The second-order valence-corrected chi connectivity index (χ2v) is 13.9. The zero-order valence-corrected chi connectivity index (χ0v) is 24.9. The molecule has 1 aromatic carbocycles. The van der Waals surface area contributed by atoms with Gasteiger partial charge in [0.25, 0.3) is 0 Å². The average Bonchev–Trinajstić information content (AvgIpc) is 3.73. The van der Waals surface area contributed by atoms with Crippen LogP contribution < -0.4 is 10.1 Å². The maximum absolute atomic E-state index is 13.2. The van der Waals surface area contributed by atoms with Gasteiger partial charge in [0.05, 0.1) is 12.0 Å². The largest absolute Gasteiger partial charge is 0.497 e. The monoisotopic (exact) mass is 548 g/mol. The van der Waals surface area contributed by atoms with E-state index in [0.717, 1.165) is 37.6 Å². The Balaban J connectivity index is 1.17. The molecule has 0 radical (unpaired) electrons. The summed E-state index contributed by atoms with van der Waals surface area (Å²) in [7, 11) is 1.71. The molecular weight excluding hydrogens is 500 g/mol.